The largest absolute Gasteiger partial charge is 0.354 e. The predicted octanol–water partition coefficient (Wildman–Crippen LogP) is 5.04. The molecule has 24 heavy (non-hydrogen) atoms. The first-order chi connectivity index (χ1) is 11.6. The van der Waals surface area contributed by atoms with Crippen LogP contribution in [-0.2, 0) is 0 Å². The van der Waals surface area contributed by atoms with Crippen LogP contribution < -0.4 is 10.6 Å². The minimum Gasteiger partial charge on any atom is -0.354 e. The van der Waals surface area contributed by atoms with Gasteiger partial charge in [-0.25, -0.2) is 4.98 Å². The number of carbonyl (C=O) groups is 1. The van der Waals surface area contributed by atoms with E-state index in [1.807, 2.05) is 55.5 Å². The molecule has 0 spiro atoms. The van der Waals surface area contributed by atoms with Crippen molar-refractivity contribution in [3.8, 4) is 0 Å². The number of hydrogen-bond acceptors (Lipinski definition) is 3. The molecule has 0 unspecified atom stereocenters. The van der Waals surface area contributed by atoms with Crippen LogP contribution >= 0.6 is 11.6 Å². The molecule has 0 atom stereocenters. The summed E-state index contributed by atoms with van der Waals surface area (Å²) in [6, 6.07) is 18.5. The summed E-state index contributed by atoms with van der Waals surface area (Å²) < 4.78 is 0. The second-order valence-corrected chi connectivity index (χ2v) is 5.77. The van der Waals surface area contributed by atoms with E-state index in [4.69, 9.17) is 11.6 Å². The summed E-state index contributed by atoms with van der Waals surface area (Å²) in [6.45, 7) is 1.90. The third-order valence-corrected chi connectivity index (χ3v) is 3.78. The fourth-order valence-electron chi connectivity index (χ4n) is 2.25. The number of nitrogens with zero attached hydrogens (tertiary/aromatic N) is 1. The lowest BCUT2D eigenvalue weighted by molar-refractivity contribution is 0.102. The van der Waals surface area contributed by atoms with Crippen LogP contribution in [0.2, 0.25) is 5.02 Å². The standard InChI is InChI=1S/C19H16ClN3O/c1-13-4-2-3-5-17(13)19(24)23-18-11-10-16(12-21-18)22-15-8-6-14(20)7-9-15/h2-12,22H,1H3,(H,21,23,24). The van der Waals surface area contributed by atoms with Crippen molar-refractivity contribution >= 4 is 34.7 Å². The molecule has 0 aliphatic carbocycles. The zero-order chi connectivity index (χ0) is 16.9. The number of aryl methyl sites for hydroxylation is 1. The van der Waals surface area contributed by atoms with Gasteiger partial charge in [-0.15, -0.1) is 0 Å². The number of halogens is 1. The predicted molar refractivity (Wildman–Crippen MR) is 98.1 cm³/mol. The molecule has 2 N–H and O–H groups in total. The molecule has 120 valence electrons. The number of carbonyl (C=O) groups excluding carboxylic acids is 1. The molecule has 1 aromatic heterocycles. The first kappa shape index (κ1) is 16.0. The van der Waals surface area contributed by atoms with Crippen molar-refractivity contribution < 1.29 is 4.79 Å². The number of pyridine rings is 1. The minimum absolute atomic E-state index is 0.168. The summed E-state index contributed by atoms with van der Waals surface area (Å²) in [5.74, 6) is 0.337. The fraction of sp³-hybridized carbons (Fsp3) is 0.0526. The summed E-state index contributed by atoms with van der Waals surface area (Å²) in [6.07, 6.45) is 1.67. The first-order valence-electron chi connectivity index (χ1n) is 7.47. The van der Waals surface area contributed by atoms with Crippen LogP contribution in [0.5, 0.6) is 0 Å². The molecule has 0 fully saturated rings. The van der Waals surface area contributed by atoms with Gasteiger partial charge in [-0.1, -0.05) is 29.8 Å². The highest BCUT2D eigenvalue weighted by molar-refractivity contribution is 6.30. The van der Waals surface area contributed by atoms with Gasteiger partial charge in [0.2, 0.25) is 0 Å². The smallest absolute Gasteiger partial charge is 0.257 e. The quantitative estimate of drug-likeness (QED) is 0.701. The van der Waals surface area contributed by atoms with Gasteiger partial charge < -0.3 is 10.6 Å². The molecule has 3 aromatic rings. The molecular weight excluding hydrogens is 322 g/mol. The Morgan fingerprint density at radius 3 is 2.33 bits per heavy atom. The number of hydrogen-bond donors (Lipinski definition) is 2. The number of benzene rings is 2. The molecule has 5 heteroatoms. The van der Waals surface area contributed by atoms with Crippen LogP contribution in [0.4, 0.5) is 17.2 Å². The van der Waals surface area contributed by atoms with Gasteiger partial charge in [-0.3, -0.25) is 4.79 Å². The summed E-state index contributed by atoms with van der Waals surface area (Å²) in [5, 5.41) is 6.71. The summed E-state index contributed by atoms with van der Waals surface area (Å²) in [5.41, 5.74) is 3.31. The third-order valence-electron chi connectivity index (χ3n) is 3.53. The maximum absolute atomic E-state index is 12.3. The van der Waals surface area contributed by atoms with Gasteiger partial charge in [-0.2, -0.15) is 0 Å². The van der Waals surface area contributed by atoms with Gasteiger partial charge >= 0.3 is 0 Å². The lowest BCUT2D eigenvalue weighted by atomic mass is 10.1. The Kier molecular flexibility index (Phi) is 4.77. The van der Waals surface area contributed by atoms with E-state index in [0.29, 0.717) is 16.4 Å². The topological polar surface area (TPSA) is 54.0 Å². The highest BCUT2D eigenvalue weighted by Crippen LogP contribution is 2.19. The lowest BCUT2D eigenvalue weighted by Crippen LogP contribution is -2.14. The average molecular weight is 338 g/mol. The van der Waals surface area contributed by atoms with Gasteiger partial charge in [0.25, 0.3) is 5.91 Å². The van der Waals surface area contributed by atoms with Crippen molar-refractivity contribution in [2.24, 2.45) is 0 Å². The van der Waals surface area contributed by atoms with Crippen LogP contribution in [0.3, 0.4) is 0 Å². The Balaban J connectivity index is 1.67. The van der Waals surface area contributed by atoms with Crippen LogP contribution in [0.25, 0.3) is 0 Å². The molecule has 4 nitrogen and oxygen atoms in total. The van der Waals surface area contributed by atoms with Gasteiger partial charge in [0, 0.05) is 16.3 Å². The molecule has 0 radical (unpaired) electrons. The summed E-state index contributed by atoms with van der Waals surface area (Å²) >= 11 is 5.87. The van der Waals surface area contributed by atoms with Crippen LogP contribution in [-0.4, -0.2) is 10.9 Å². The van der Waals surface area contributed by atoms with Crippen molar-refractivity contribution in [1.82, 2.24) is 4.98 Å². The minimum atomic E-state index is -0.168. The van der Waals surface area contributed by atoms with E-state index in [1.54, 1.807) is 18.3 Å². The highest BCUT2D eigenvalue weighted by atomic mass is 35.5. The Morgan fingerprint density at radius 1 is 0.958 bits per heavy atom. The maximum Gasteiger partial charge on any atom is 0.257 e. The first-order valence-corrected chi connectivity index (χ1v) is 7.85. The fourth-order valence-corrected chi connectivity index (χ4v) is 2.38. The van der Waals surface area contributed by atoms with E-state index < -0.39 is 0 Å². The molecular formula is C19H16ClN3O. The third kappa shape index (κ3) is 3.91. The molecule has 3 rings (SSSR count). The zero-order valence-corrected chi connectivity index (χ0v) is 13.8. The van der Waals surface area contributed by atoms with Crippen LogP contribution in [0.15, 0.2) is 66.9 Å². The van der Waals surface area contributed by atoms with Crippen LogP contribution in [0.1, 0.15) is 15.9 Å². The van der Waals surface area contributed by atoms with Gasteiger partial charge in [-0.05, 0) is 55.0 Å². The zero-order valence-electron chi connectivity index (χ0n) is 13.1. The Hall–Kier alpha value is -2.85. The Labute approximate surface area is 145 Å². The second-order valence-electron chi connectivity index (χ2n) is 5.33. The molecule has 2 aromatic carbocycles. The number of nitrogens with one attached hydrogen (secondary N) is 2. The van der Waals surface area contributed by atoms with Gasteiger partial charge in [0.15, 0.2) is 0 Å². The SMILES string of the molecule is Cc1ccccc1C(=O)Nc1ccc(Nc2ccc(Cl)cc2)cn1. The summed E-state index contributed by atoms with van der Waals surface area (Å²) in [7, 11) is 0. The summed E-state index contributed by atoms with van der Waals surface area (Å²) in [4.78, 5) is 16.5. The van der Waals surface area contributed by atoms with Crippen molar-refractivity contribution in [2.45, 2.75) is 6.92 Å². The lowest BCUT2D eigenvalue weighted by Gasteiger charge is -2.09. The van der Waals surface area contributed by atoms with E-state index in [2.05, 4.69) is 15.6 Å². The molecule has 1 heterocycles. The van der Waals surface area contributed by atoms with Crippen molar-refractivity contribution in [1.29, 1.82) is 0 Å². The average Bonchev–Trinajstić information content (AvgIpc) is 2.59. The molecule has 0 saturated heterocycles. The normalized spacial score (nSPS) is 10.2. The number of rotatable bonds is 4. The van der Waals surface area contributed by atoms with E-state index >= 15 is 0 Å². The second kappa shape index (κ2) is 7.15. The molecule has 0 aliphatic heterocycles. The van der Waals surface area contributed by atoms with Crippen molar-refractivity contribution in [3.05, 3.63) is 83.0 Å². The Bertz CT molecular complexity index is 845. The van der Waals surface area contributed by atoms with Crippen molar-refractivity contribution in [3.63, 3.8) is 0 Å². The van der Waals surface area contributed by atoms with E-state index in [9.17, 15) is 4.79 Å². The molecule has 0 aliphatic rings. The molecule has 0 saturated carbocycles. The highest BCUT2D eigenvalue weighted by Gasteiger charge is 2.09. The number of aromatic nitrogens is 1. The molecule has 0 bridgehead atoms. The van der Waals surface area contributed by atoms with Gasteiger partial charge in [0.05, 0.1) is 11.9 Å². The van der Waals surface area contributed by atoms with E-state index in [-0.39, 0.29) is 5.91 Å². The van der Waals surface area contributed by atoms with E-state index in [1.165, 1.54) is 0 Å². The number of amides is 1. The Morgan fingerprint density at radius 2 is 1.67 bits per heavy atom. The van der Waals surface area contributed by atoms with Gasteiger partial charge in [0.1, 0.15) is 5.82 Å². The van der Waals surface area contributed by atoms with Crippen molar-refractivity contribution in [2.75, 3.05) is 10.6 Å². The van der Waals surface area contributed by atoms with Crippen LogP contribution in [0, 0.1) is 6.92 Å². The van der Waals surface area contributed by atoms with E-state index in [0.717, 1.165) is 16.9 Å². The monoisotopic (exact) mass is 337 g/mol. The molecule has 1 amide bonds. The number of anilines is 3. The maximum atomic E-state index is 12.3.